The molecule has 1 aromatic rings. The Morgan fingerprint density at radius 3 is 2.75 bits per heavy atom. The number of nitrogens with one attached hydrogen (secondary N) is 2. The van der Waals surface area contributed by atoms with Crippen molar-refractivity contribution in [1.82, 2.24) is 5.32 Å². The van der Waals surface area contributed by atoms with Gasteiger partial charge in [-0.2, -0.15) is 0 Å². The van der Waals surface area contributed by atoms with Crippen molar-refractivity contribution in [2.45, 2.75) is 19.8 Å². The van der Waals surface area contributed by atoms with Crippen molar-refractivity contribution in [1.29, 1.82) is 0 Å². The van der Waals surface area contributed by atoms with Gasteiger partial charge in [-0.05, 0) is 47.0 Å². The fourth-order valence-electron chi connectivity index (χ4n) is 1.48. The van der Waals surface area contributed by atoms with E-state index in [-0.39, 0.29) is 4.47 Å². The Kier molecular flexibility index (Phi) is 6.44. The van der Waals surface area contributed by atoms with Crippen LogP contribution in [-0.4, -0.2) is 23.7 Å². The highest BCUT2D eigenvalue weighted by Crippen LogP contribution is 2.19. The monoisotopic (exact) mass is 346 g/mol. The molecule has 110 valence electrons. The van der Waals surface area contributed by atoms with Crippen molar-refractivity contribution in [3.63, 3.8) is 0 Å². The molecule has 0 radical (unpaired) electrons. The Morgan fingerprint density at radius 2 is 2.15 bits per heavy atom. The van der Waals surface area contributed by atoms with E-state index in [9.17, 15) is 14.0 Å². The smallest absolute Gasteiger partial charge is 0.319 e. The number of benzene rings is 1. The van der Waals surface area contributed by atoms with Gasteiger partial charge in [0.1, 0.15) is 5.82 Å². The van der Waals surface area contributed by atoms with E-state index in [4.69, 9.17) is 5.11 Å². The standard InChI is InChI=1S/C13H16BrFN2O3/c1-8(12(18)19)3-2-6-16-13(20)17-9-4-5-11(15)10(14)7-9/h4-5,7-8H,2-3,6H2,1H3,(H,18,19)(H2,16,17,20). The second-order valence-electron chi connectivity index (χ2n) is 4.39. The van der Waals surface area contributed by atoms with Gasteiger partial charge in [0.25, 0.3) is 0 Å². The highest BCUT2D eigenvalue weighted by Gasteiger charge is 2.10. The van der Waals surface area contributed by atoms with Crippen LogP contribution in [0.1, 0.15) is 19.8 Å². The molecule has 0 heterocycles. The van der Waals surface area contributed by atoms with Gasteiger partial charge in [-0.15, -0.1) is 0 Å². The number of carboxylic acids is 1. The third-order valence-electron chi connectivity index (χ3n) is 2.70. The van der Waals surface area contributed by atoms with Crippen LogP contribution in [0.5, 0.6) is 0 Å². The molecule has 1 unspecified atom stereocenters. The minimum absolute atomic E-state index is 0.269. The second kappa shape index (κ2) is 7.84. The van der Waals surface area contributed by atoms with E-state index in [0.29, 0.717) is 25.1 Å². The molecule has 0 aromatic heterocycles. The van der Waals surface area contributed by atoms with E-state index in [2.05, 4.69) is 26.6 Å². The number of urea groups is 1. The van der Waals surface area contributed by atoms with Gasteiger partial charge in [-0.25, -0.2) is 9.18 Å². The lowest BCUT2D eigenvalue weighted by Gasteiger charge is -2.09. The molecule has 7 heteroatoms. The summed E-state index contributed by atoms with van der Waals surface area (Å²) in [7, 11) is 0. The molecule has 0 aliphatic heterocycles. The number of hydrogen-bond acceptors (Lipinski definition) is 2. The van der Waals surface area contributed by atoms with Gasteiger partial charge >= 0.3 is 12.0 Å². The number of amides is 2. The summed E-state index contributed by atoms with van der Waals surface area (Å²) in [6.45, 7) is 2.00. The number of hydrogen-bond donors (Lipinski definition) is 3. The van der Waals surface area contributed by atoms with Crippen molar-refractivity contribution in [3.8, 4) is 0 Å². The topological polar surface area (TPSA) is 78.4 Å². The molecule has 1 atom stereocenters. The second-order valence-corrected chi connectivity index (χ2v) is 5.25. The fraction of sp³-hybridized carbons (Fsp3) is 0.385. The Balaban J connectivity index is 2.30. The van der Waals surface area contributed by atoms with E-state index < -0.39 is 23.7 Å². The van der Waals surface area contributed by atoms with Crippen LogP contribution in [-0.2, 0) is 4.79 Å². The maximum Gasteiger partial charge on any atom is 0.319 e. The average Bonchev–Trinajstić information content (AvgIpc) is 2.38. The van der Waals surface area contributed by atoms with Crippen LogP contribution in [0.25, 0.3) is 0 Å². The van der Waals surface area contributed by atoms with Gasteiger partial charge in [0, 0.05) is 12.2 Å². The molecule has 1 rings (SSSR count). The third kappa shape index (κ3) is 5.56. The van der Waals surface area contributed by atoms with Gasteiger partial charge in [-0.3, -0.25) is 4.79 Å². The van der Waals surface area contributed by atoms with Crippen LogP contribution in [0.2, 0.25) is 0 Å². The Bertz CT molecular complexity index is 497. The number of halogens is 2. The number of anilines is 1. The number of carbonyl (C=O) groups excluding carboxylic acids is 1. The first-order valence-corrected chi connectivity index (χ1v) is 6.92. The van der Waals surface area contributed by atoms with Crippen molar-refractivity contribution >= 4 is 33.6 Å². The zero-order chi connectivity index (χ0) is 15.1. The predicted molar refractivity (Wildman–Crippen MR) is 77.2 cm³/mol. The Morgan fingerprint density at radius 1 is 1.45 bits per heavy atom. The van der Waals surface area contributed by atoms with Crippen molar-refractivity contribution in [2.75, 3.05) is 11.9 Å². The van der Waals surface area contributed by atoms with E-state index in [1.54, 1.807) is 6.92 Å². The highest BCUT2D eigenvalue weighted by atomic mass is 79.9. The lowest BCUT2D eigenvalue weighted by Crippen LogP contribution is -2.30. The normalized spacial score (nSPS) is 11.8. The molecule has 20 heavy (non-hydrogen) atoms. The lowest BCUT2D eigenvalue weighted by atomic mass is 10.1. The lowest BCUT2D eigenvalue weighted by molar-refractivity contribution is -0.141. The first kappa shape index (κ1) is 16.4. The first-order chi connectivity index (χ1) is 9.40. The summed E-state index contributed by atoms with van der Waals surface area (Å²) in [6.07, 6.45) is 1.08. The van der Waals surface area contributed by atoms with Crippen LogP contribution in [0.15, 0.2) is 22.7 Å². The van der Waals surface area contributed by atoms with Crippen LogP contribution < -0.4 is 10.6 Å². The number of rotatable bonds is 6. The van der Waals surface area contributed by atoms with E-state index >= 15 is 0 Å². The first-order valence-electron chi connectivity index (χ1n) is 6.13. The Labute approximate surface area is 124 Å². The zero-order valence-electron chi connectivity index (χ0n) is 11.0. The maximum absolute atomic E-state index is 13.0. The van der Waals surface area contributed by atoms with Gasteiger partial charge in [-0.1, -0.05) is 6.92 Å². The Hall–Kier alpha value is -1.63. The molecule has 0 saturated heterocycles. The molecule has 0 fully saturated rings. The SMILES string of the molecule is CC(CCCNC(=O)Nc1ccc(F)c(Br)c1)C(=O)O. The molecule has 0 bridgehead atoms. The van der Waals surface area contributed by atoms with Crippen LogP contribution in [0, 0.1) is 11.7 Å². The number of carbonyl (C=O) groups is 2. The molecule has 0 saturated carbocycles. The summed E-state index contributed by atoms with van der Waals surface area (Å²) in [4.78, 5) is 22.1. The molecule has 0 aliphatic carbocycles. The minimum Gasteiger partial charge on any atom is -0.481 e. The van der Waals surface area contributed by atoms with Crippen molar-refractivity contribution in [3.05, 3.63) is 28.5 Å². The number of carboxylic acid groups (broad SMARTS) is 1. The highest BCUT2D eigenvalue weighted by molar-refractivity contribution is 9.10. The summed E-state index contributed by atoms with van der Waals surface area (Å²) in [5, 5.41) is 13.9. The minimum atomic E-state index is -0.842. The fourth-order valence-corrected chi connectivity index (χ4v) is 1.86. The average molecular weight is 347 g/mol. The van der Waals surface area contributed by atoms with Gasteiger partial charge in [0.2, 0.25) is 0 Å². The molecular formula is C13H16BrFN2O3. The summed E-state index contributed by atoms with van der Waals surface area (Å²) in [5.41, 5.74) is 0.467. The molecule has 0 spiro atoms. The predicted octanol–water partition coefficient (Wildman–Crippen LogP) is 3.21. The maximum atomic E-state index is 13.0. The molecule has 1 aromatic carbocycles. The summed E-state index contributed by atoms with van der Waals surface area (Å²) < 4.78 is 13.3. The third-order valence-corrected chi connectivity index (χ3v) is 3.31. The van der Waals surface area contributed by atoms with Crippen LogP contribution >= 0.6 is 15.9 Å². The molecular weight excluding hydrogens is 331 g/mol. The summed E-state index contributed by atoms with van der Waals surface area (Å²) in [6, 6.07) is 3.74. The summed E-state index contributed by atoms with van der Waals surface area (Å²) in [5.74, 6) is -1.67. The van der Waals surface area contributed by atoms with Crippen LogP contribution in [0.4, 0.5) is 14.9 Å². The van der Waals surface area contributed by atoms with E-state index in [0.717, 1.165) is 0 Å². The largest absolute Gasteiger partial charge is 0.481 e. The molecule has 5 nitrogen and oxygen atoms in total. The van der Waals surface area contributed by atoms with E-state index in [1.807, 2.05) is 0 Å². The summed E-state index contributed by atoms with van der Waals surface area (Å²) >= 11 is 3.03. The van der Waals surface area contributed by atoms with Gasteiger partial charge < -0.3 is 15.7 Å². The van der Waals surface area contributed by atoms with Crippen molar-refractivity contribution in [2.24, 2.45) is 5.92 Å². The van der Waals surface area contributed by atoms with Gasteiger partial charge in [0.15, 0.2) is 0 Å². The molecule has 3 N–H and O–H groups in total. The number of aliphatic carboxylic acids is 1. The molecule has 0 aliphatic rings. The van der Waals surface area contributed by atoms with Crippen LogP contribution in [0.3, 0.4) is 0 Å². The molecule has 2 amide bonds. The van der Waals surface area contributed by atoms with E-state index in [1.165, 1.54) is 18.2 Å². The van der Waals surface area contributed by atoms with Gasteiger partial charge in [0.05, 0.1) is 10.4 Å². The zero-order valence-corrected chi connectivity index (χ0v) is 12.5. The quantitative estimate of drug-likeness (QED) is 0.692. The van der Waals surface area contributed by atoms with Crippen molar-refractivity contribution < 1.29 is 19.1 Å².